The first-order valence-corrected chi connectivity index (χ1v) is 9.07. The molecule has 4 N–H and O–H groups in total. The second-order valence-corrected chi connectivity index (χ2v) is 7.27. The molecule has 2 amide bonds. The minimum absolute atomic E-state index is 0. The summed E-state index contributed by atoms with van der Waals surface area (Å²) in [6.07, 6.45) is 0. The Hall–Kier alpha value is -2.70. The Balaban J connectivity index is 0.00000225. The SMILES string of the molecule is CC1NC(c2ccc(C(=N)N)cc2)C2C(=O)N(Cc3ccccc3)C(=O)C12.Cl. The number of hydrogen-bond acceptors (Lipinski definition) is 4. The van der Waals surface area contributed by atoms with E-state index in [1.54, 1.807) is 12.1 Å². The van der Waals surface area contributed by atoms with Crippen LogP contribution in [-0.2, 0) is 16.1 Å². The van der Waals surface area contributed by atoms with Crippen molar-refractivity contribution in [3.05, 3.63) is 71.3 Å². The van der Waals surface area contributed by atoms with Crippen LogP contribution in [0.15, 0.2) is 54.6 Å². The predicted molar refractivity (Wildman–Crippen MR) is 109 cm³/mol. The molecule has 0 saturated carbocycles. The third kappa shape index (κ3) is 3.30. The van der Waals surface area contributed by atoms with Gasteiger partial charge in [0.25, 0.3) is 0 Å². The van der Waals surface area contributed by atoms with E-state index in [1.807, 2.05) is 49.4 Å². The van der Waals surface area contributed by atoms with Gasteiger partial charge in [-0.1, -0.05) is 54.6 Å². The molecule has 6 nitrogen and oxygen atoms in total. The number of nitrogens with one attached hydrogen (secondary N) is 2. The van der Waals surface area contributed by atoms with Crippen LogP contribution in [0.3, 0.4) is 0 Å². The molecule has 2 aliphatic rings. The first-order valence-electron chi connectivity index (χ1n) is 9.07. The third-order valence-electron chi connectivity index (χ3n) is 5.59. The number of nitrogens with zero attached hydrogens (tertiary/aromatic N) is 1. The molecule has 146 valence electrons. The van der Waals surface area contributed by atoms with Gasteiger partial charge in [-0.2, -0.15) is 0 Å². The van der Waals surface area contributed by atoms with Crippen molar-refractivity contribution in [2.45, 2.75) is 25.6 Å². The van der Waals surface area contributed by atoms with E-state index in [2.05, 4.69) is 5.32 Å². The lowest BCUT2D eigenvalue weighted by Crippen LogP contribution is -2.37. The first-order chi connectivity index (χ1) is 13.0. The van der Waals surface area contributed by atoms with Gasteiger partial charge in [0.15, 0.2) is 0 Å². The Morgan fingerprint density at radius 2 is 1.64 bits per heavy atom. The Kier molecular flexibility index (Phi) is 5.54. The maximum atomic E-state index is 13.1. The monoisotopic (exact) mass is 398 g/mol. The topological polar surface area (TPSA) is 99.3 Å². The number of imide groups is 1. The maximum absolute atomic E-state index is 13.1. The summed E-state index contributed by atoms with van der Waals surface area (Å²) in [7, 11) is 0. The van der Waals surface area contributed by atoms with Gasteiger partial charge in [-0.15, -0.1) is 12.4 Å². The van der Waals surface area contributed by atoms with Crippen molar-refractivity contribution in [2.75, 3.05) is 0 Å². The summed E-state index contributed by atoms with van der Waals surface area (Å²) < 4.78 is 0. The molecule has 4 rings (SSSR count). The number of halogens is 1. The highest BCUT2D eigenvalue weighted by atomic mass is 35.5. The molecule has 0 radical (unpaired) electrons. The molecular formula is C21H23ClN4O2. The number of nitrogens with two attached hydrogens (primary N) is 1. The van der Waals surface area contributed by atoms with Crippen molar-refractivity contribution < 1.29 is 9.59 Å². The fraction of sp³-hybridized carbons (Fsp3) is 0.286. The fourth-order valence-corrected chi connectivity index (χ4v) is 4.24. The van der Waals surface area contributed by atoms with Crippen molar-refractivity contribution in [1.82, 2.24) is 10.2 Å². The zero-order chi connectivity index (χ0) is 19.1. The number of fused-ring (bicyclic) bond motifs is 1. The number of amidine groups is 1. The molecule has 4 atom stereocenters. The molecule has 0 bridgehead atoms. The zero-order valence-electron chi connectivity index (χ0n) is 15.5. The quantitative estimate of drug-likeness (QED) is 0.417. The number of carbonyl (C=O) groups is 2. The van der Waals surface area contributed by atoms with Crippen LogP contribution in [-0.4, -0.2) is 28.6 Å². The molecule has 2 aromatic carbocycles. The molecule has 2 fully saturated rings. The van der Waals surface area contributed by atoms with Gasteiger partial charge in [-0.3, -0.25) is 19.9 Å². The molecule has 0 aliphatic carbocycles. The molecule has 7 heteroatoms. The number of benzene rings is 2. The van der Waals surface area contributed by atoms with E-state index in [-0.39, 0.29) is 48.1 Å². The number of nitrogen functional groups attached to an aromatic ring is 1. The lowest BCUT2D eigenvalue weighted by molar-refractivity contribution is -0.141. The third-order valence-corrected chi connectivity index (χ3v) is 5.59. The second kappa shape index (κ2) is 7.73. The van der Waals surface area contributed by atoms with Crippen molar-refractivity contribution in [3.63, 3.8) is 0 Å². The lowest BCUT2D eigenvalue weighted by atomic mass is 9.87. The average molecular weight is 399 g/mol. The van der Waals surface area contributed by atoms with E-state index in [4.69, 9.17) is 11.1 Å². The zero-order valence-corrected chi connectivity index (χ0v) is 16.3. The molecule has 0 spiro atoms. The maximum Gasteiger partial charge on any atom is 0.235 e. The number of likely N-dealkylation sites (tertiary alicyclic amines) is 1. The Morgan fingerprint density at radius 1 is 1.04 bits per heavy atom. The predicted octanol–water partition coefficient (Wildman–Crippen LogP) is 2.23. The van der Waals surface area contributed by atoms with Gasteiger partial charge in [0.2, 0.25) is 11.8 Å². The Morgan fingerprint density at radius 3 is 2.25 bits per heavy atom. The largest absolute Gasteiger partial charge is 0.384 e. The highest BCUT2D eigenvalue weighted by molar-refractivity contribution is 6.06. The molecular weight excluding hydrogens is 376 g/mol. The summed E-state index contributed by atoms with van der Waals surface area (Å²) in [6.45, 7) is 2.27. The van der Waals surface area contributed by atoms with Crippen LogP contribution in [0.1, 0.15) is 29.7 Å². The molecule has 0 aromatic heterocycles. The average Bonchev–Trinajstić information content (AvgIpc) is 3.14. The first kappa shape index (κ1) is 20.0. The van der Waals surface area contributed by atoms with Crippen LogP contribution >= 0.6 is 12.4 Å². The van der Waals surface area contributed by atoms with E-state index in [0.29, 0.717) is 12.1 Å². The highest BCUT2D eigenvalue weighted by Crippen LogP contribution is 2.44. The minimum Gasteiger partial charge on any atom is -0.384 e. The van der Waals surface area contributed by atoms with Crippen molar-refractivity contribution in [2.24, 2.45) is 17.6 Å². The molecule has 2 saturated heterocycles. The van der Waals surface area contributed by atoms with Gasteiger partial charge in [0.1, 0.15) is 5.84 Å². The van der Waals surface area contributed by atoms with E-state index >= 15 is 0 Å². The summed E-state index contributed by atoms with van der Waals surface area (Å²) in [6, 6.07) is 16.6. The summed E-state index contributed by atoms with van der Waals surface area (Å²) in [5.41, 5.74) is 8.04. The van der Waals surface area contributed by atoms with Crippen molar-refractivity contribution in [3.8, 4) is 0 Å². The smallest absolute Gasteiger partial charge is 0.235 e. The van der Waals surface area contributed by atoms with E-state index < -0.39 is 5.92 Å². The molecule has 28 heavy (non-hydrogen) atoms. The van der Waals surface area contributed by atoms with Gasteiger partial charge in [-0.05, 0) is 18.1 Å². The van der Waals surface area contributed by atoms with Gasteiger partial charge in [-0.25, -0.2) is 0 Å². The number of hydrogen-bond donors (Lipinski definition) is 3. The van der Waals surface area contributed by atoms with Gasteiger partial charge in [0, 0.05) is 17.6 Å². The summed E-state index contributed by atoms with van der Waals surface area (Å²) >= 11 is 0. The van der Waals surface area contributed by atoms with Crippen LogP contribution < -0.4 is 11.1 Å². The number of carbonyl (C=O) groups excluding carboxylic acids is 2. The standard InChI is InChI=1S/C21H22N4O2.ClH/c1-12-16-17(18(24-12)14-7-9-15(10-8-14)19(22)23)21(27)25(20(16)26)11-13-5-3-2-4-6-13;/h2-10,12,16-18,24H,11H2,1H3,(H3,22,23);1H. The van der Waals surface area contributed by atoms with Crippen LogP contribution in [0.25, 0.3) is 0 Å². The molecule has 2 aliphatic heterocycles. The minimum atomic E-state index is -0.403. The Bertz CT molecular complexity index is 900. The summed E-state index contributed by atoms with van der Waals surface area (Å²) in [5, 5.41) is 10.9. The van der Waals surface area contributed by atoms with E-state index in [9.17, 15) is 9.59 Å². The van der Waals surface area contributed by atoms with Gasteiger partial charge < -0.3 is 11.1 Å². The summed E-state index contributed by atoms with van der Waals surface area (Å²) in [5.74, 6) is -0.963. The summed E-state index contributed by atoms with van der Waals surface area (Å²) in [4.78, 5) is 27.5. The molecule has 2 aromatic rings. The van der Waals surface area contributed by atoms with Crippen LogP contribution in [0.5, 0.6) is 0 Å². The van der Waals surface area contributed by atoms with Gasteiger partial charge in [0.05, 0.1) is 18.4 Å². The van der Waals surface area contributed by atoms with Gasteiger partial charge >= 0.3 is 0 Å². The van der Waals surface area contributed by atoms with Crippen molar-refractivity contribution in [1.29, 1.82) is 5.41 Å². The fourth-order valence-electron chi connectivity index (χ4n) is 4.24. The molecule has 2 heterocycles. The highest BCUT2D eigenvalue weighted by Gasteiger charge is 2.57. The lowest BCUT2D eigenvalue weighted by Gasteiger charge is -2.21. The van der Waals surface area contributed by atoms with Crippen LogP contribution in [0.2, 0.25) is 0 Å². The van der Waals surface area contributed by atoms with Crippen molar-refractivity contribution >= 4 is 30.1 Å². The number of rotatable bonds is 4. The second-order valence-electron chi connectivity index (χ2n) is 7.27. The Labute approximate surface area is 170 Å². The van der Waals surface area contributed by atoms with Crippen LogP contribution in [0, 0.1) is 17.2 Å². The number of amides is 2. The van der Waals surface area contributed by atoms with Crippen LogP contribution in [0.4, 0.5) is 0 Å². The molecule has 4 unspecified atom stereocenters. The van der Waals surface area contributed by atoms with E-state index in [0.717, 1.165) is 11.1 Å². The normalized spacial score (nSPS) is 26.1. The van der Waals surface area contributed by atoms with E-state index in [1.165, 1.54) is 4.90 Å².